The maximum atomic E-state index is 12.6. The van der Waals surface area contributed by atoms with Crippen LogP contribution in [0.25, 0.3) is 0 Å². The minimum Gasteiger partial charge on any atom is -0.353 e. The zero-order valence-corrected chi connectivity index (χ0v) is 16.2. The minimum absolute atomic E-state index is 0.122. The maximum Gasteiger partial charge on any atom is 0.417 e. The van der Waals surface area contributed by atoms with Gasteiger partial charge in [-0.25, -0.2) is 9.98 Å². The molecule has 1 atom stereocenters. The van der Waals surface area contributed by atoms with Crippen LogP contribution in [0.15, 0.2) is 35.5 Å². The summed E-state index contributed by atoms with van der Waals surface area (Å²) >= 11 is 0. The van der Waals surface area contributed by atoms with E-state index in [0.29, 0.717) is 32.0 Å². The molecule has 0 radical (unpaired) electrons. The van der Waals surface area contributed by atoms with Gasteiger partial charge in [0.2, 0.25) is 11.8 Å². The van der Waals surface area contributed by atoms with Crippen LogP contribution in [0.3, 0.4) is 0 Å². The molecule has 1 aromatic heterocycles. The van der Waals surface area contributed by atoms with Crippen LogP contribution in [-0.2, 0) is 20.6 Å². The molecule has 1 fully saturated rings. The van der Waals surface area contributed by atoms with Crippen LogP contribution in [0.2, 0.25) is 0 Å². The number of amides is 3. The van der Waals surface area contributed by atoms with Gasteiger partial charge in [-0.05, 0) is 12.1 Å². The summed E-state index contributed by atoms with van der Waals surface area (Å²) in [4.78, 5) is 48.1. The van der Waals surface area contributed by atoms with Crippen molar-refractivity contribution in [3.05, 3.63) is 36.0 Å². The quantitative estimate of drug-likeness (QED) is 0.721. The number of hydrogen-bond acceptors (Lipinski definition) is 5. The first-order chi connectivity index (χ1) is 14.1. The molecule has 0 aliphatic carbocycles. The second-order valence-electron chi connectivity index (χ2n) is 6.97. The lowest BCUT2D eigenvalue weighted by molar-refractivity contribution is -0.140. The van der Waals surface area contributed by atoms with Gasteiger partial charge in [0.05, 0.1) is 18.0 Å². The lowest BCUT2D eigenvalue weighted by Gasteiger charge is -2.36. The number of anilines is 1. The van der Waals surface area contributed by atoms with E-state index in [1.165, 1.54) is 36.4 Å². The smallest absolute Gasteiger partial charge is 0.353 e. The van der Waals surface area contributed by atoms with Gasteiger partial charge in [-0.3, -0.25) is 14.4 Å². The van der Waals surface area contributed by atoms with Crippen LogP contribution in [0.1, 0.15) is 5.56 Å². The monoisotopic (exact) mass is 423 g/mol. The highest BCUT2D eigenvalue weighted by atomic mass is 19.4. The Hall–Kier alpha value is -3.24. The summed E-state index contributed by atoms with van der Waals surface area (Å²) in [5.41, 5.74) is -0.810. The van der Waals surface area contributed by atoms with E-state index >= 15 is 0 Å². The summed E-state index contributed by atoms with van der Waals surface area (Å²) < 4.78 is 37.9. The summed E-state index contributed by atoms with van der Waals surface area (Å²) in [6.45, 7) is 1.44. The van der Waals surface area contributed by atoms with Gasteiger partial charge in [-0.1, -0.05) is 6.08 Å². The molecule has 30 heavy (non-hydrogen) atoms. The molecule has 0 bridgehead atoms. The highest BCUT2D eigenvalue weighted by Crippen LogP contribution is 2.29. The van der Waals surface area contributed by atoms with E-state index in [2.05, 4.69) is 9.98 Å². The minimum atomic E-state index is -4.44. The number of rotatable bonds is 4. The van der Waals surface area contributed by atoms with Gasteiger partial charge in [0, 0.05) is 51.7 Å². The molecule has 1 unspecified atom stereocenters. The molecule has 1 aromatic rings. The SMILES string of the molecule is CN(CC(=O)N1CCN(c2ccc(C(F)(F)F)cn2)CC1)C(=O)C1C=CC(=O)N=C1. The fraction of sp³-hybridized carbons (Fsp3) is 0.421. The third-order valence-corrected chi connectivity index (χ3v) is 4.87. The van der Waals surface area contributed by atoms with Crippen LogP contribution in [0.5, 0.6) is 0 Å². The van der Waals surface area contributed by atoms with Crippen LogP contribution >= 0.6 is 0 Å². The van der Waals surface area contributed by atoms with Gasteiger partial charge in [0.25, 0.3) is 5.91 Å². The van der Waals surface area contributed by atoms with E-state index in [1.54, 1.807) is 9.80 Å². The highest BCUT2D eigenvalue weighted by Gasteiger charge is 2.31. The Balaban J connectivity index is 1.50. The highest BCUT2D eigenvalue weighted by molar-refractivity contribution is 6.05. The molecular formula is C19H20F3N5O3. The van der Waals surface area contributed by atoms with Gasteiger partial charge >= 0.3 is 6.18 Å². The second-order valence-corrected chi connectivity index (χ2v) is 6.97. The van der Waals surface area contributed by atoms with E-state index in [-0.39, 0.29) is 18.4 Å². The first kappa shape index (κ1) is 21.5. The third-order valence-electron chi connectivity index (χ3n) is 4.87. The number of hydrogen-bond donors (Lipinski definition) is 0. The fourth-order valence-electron chi connectivity index (χ4n) is 3.14. The number of nitrogens with zero attached hydrogens (tertiary/aromatic N) is 5. The van der Waals surface area contributed by atoms with E-state index in [9.17, 15) is 27.6 Å². The Morgan fingerprint density at radius 2 is 1.90 bits per heavy atom. The number of alkyl halides is 3. The summed E-state index contributed by atoms with van der Waals surface area (Å²) in [6, 6.07) is 2.30. The van der Waals surface area contributed by atoms with E-state index in [1.807, 2.05) is 0 Å². The van der Waals surface area contributed by atoms with Gasteiger partial charge in [0.1, 0.15) is 5.82 Å². The zero-order chi connectivity index (χ0) is 21.9. The summed E-state index contributed by atoms with van der Waals surface area (Å²) in [7, 11) is 1.50. The lowest BCUT2D eigenvalue weighted by Crippen LogP contribution is -2.52. The van der Waals surface area contributed by atoms with Crippen LogP contribution in [0.4, 0.5) is 19.0 Å². The number of aliphatic imine (C=N–C) groups is 1. The number of halogens is 3. The predicted octanol–water partition coefficient (Wildman–Crippen LogP) is 0.991. The second kappa shape index (κ2) is 8.64. The first-order valence-corrected chi connectivity index (χ1v) is 9.22. The molecule has 160 valence electrons. The van der Waals surface area contributed by atoms with Crippen molar-refractivity contribution in [1.29, 1.82) is 0 Å². The average Bonchev–Trinajstić information content (AvgIpc) is 2.73. The van der Waals surface area contributed by atoms with Crippen molar-refractivity contribution in [2.45, 2.75) is 6.18 Å². The number of likely N-dealkylation sites (N-methyl/N-ethyl adjacent to an activating group) is 1. The number of piperazine rings is 1. The third kappa shape index (κ3) is 5.02. The summed E-state index contributed by atoms with van der Waals surface area (Å²) in [5.74, 6) is -1.27. The van der Waals surface area contributed by atoms with Gasteiger partial charge in [0.15, 0.2) is 0 Å². The number of carbonyl (C=O) groups is 3. The average molecular weight is 423 g/mol. The molecule has 2 aliphatic heterocycles. The Labute approximate surface area is 170 Å². The Morgan fingerprint density at radius 3 is 2.43 bits per heavy atom. The molecule has 0 aromatic carbocycles. The van der Waals surface area contributed by atoms with Gasteiger partial charge in [-0.2, -0.15) is 13.2 Å². The molecule has 0 N–H and O–H groups in total. The molecular weight excluding hydrogens is 403 g/mol. The molecule has 11 heteroatoms. The van der Waals surface area contributed by atoms with Crippen molar-refractivity contribution in [2.24, 2.45) is 10.9 Å². The van der Waals surface area contributed by atoms with Crippen LogP contribution < -0.4 is 4.90 Å². The Kier molecular flexibility index (Phi) is 6.18. The lowest BCUT2D eigenvalue weighted by atomic mass is 10.1. The first-order valence-electron chi connectivity index (χ1n) is 9.22. The van der Waals surface area contributed by atoms with Crippen molar-refractivity contribution in [3.63, 3.8) is 0 Å². The van der Waals surface area contributed by atoms with Crippen molar-refractivity contribution in [3.8, 4) is 0 Å². The molecule has 0 spiro atoms. The molecule has 3 rings (SSSR count). The van der Waals surface area contributed by atoms with Crippen molar-refractivity contribution in [1.82, 2.24) is 14.8 Å². The number of pyridine rings is 1. The standard InChI is InChI=1S/C19H20F3N5O3/c1-25(18(30)13-2-5-16(28)24-10-13)12-17(29)27-8-6-26(7-9-27)15-4-3-14(11-23-15)19(20,21)22/h2-5,10-11,13H,6-9,12H2,1H3. The molecule has 3 heterocycles. The van der Waals surface area contributed by atoms with Crippen molar-refractivity contribution >= 4 is 29.8 Å². The van der Waals surface area contributed by atoms with E-state index < -0.39 is 23.6 Å². The maximum absolute atomic E-state index is 12.6. The molecule has 8 nitrogen and oxygen atoms in total. The largest absolute Gasteiger partial charge is 0.417 e. The molecule has 1 saturated heterocycles. The molecule has 2 aliphatic rings. The molecule has 3 amide bonds. The molecule has 0 saturated carbocycles. The number of aromatic nitrogens is 1. The Morgan fingerprint density at radius 1 is 1.20 bits per heavy atom. The van der Waals surface area contributed by atoms with Crippen LogP contribution in [0, 0.1) is 5.92 Å². The topological polar surface area (TPSA) is 86.2 Å². The normalized spacial score (nSPS) is 19.2. The van der Waals surface area contributed by atoms with Crippen molar-refractivity contribution < 1.29 is 27.6 Å². The van der Waals surface area contributed by atoms with E-state index in [4.69, 9.17) is 0 Å². The number of dihydropyridines is 1. The van der Waals surface area contributed by atoms with Crippen molar-refractivity contribution in [2.75, 3.05) is 44.7 Å². The number of carbonyl (C=O) groups excluding carboxylic acids is 3. The summed E-state index contributed by atoms with van der Waals surface area (Å²) in [5, 5.41) is 0. The zero-order valence-electron chi connectivity index (χ0n) is 16.2. The van der Waals surface area contributed by atoms with Crippen LogP contribution in [-0.4, -0.2) is 78.5 Å². The Bertz CT molecular complexity index is 858. The van der Waals surface area contributed by atoms with E-state index in [0.717, 1.165) is 12.3 Å². The van der Waals surface area contributed by atoms with Gasteiger partial charge < -0.3 is 14.7 Å². The summed E-state index contributed by atoms with van der Waals surface area (Å²) in [6.07, 6.45) is 0.265. The predicted molar refractivity (Wildman–Crippen MR) is 102 cm³/mol. The van der Waals surface area contributed by atoms with Gasteiger partial charge in [-0.15, -0.1) is 0 Å². The fourth-order valence-corrected chi connectivity index (χ4v) is 3.14.